The van der Waals surface area contributed by atoms with Crippen LogP contribution in [0.1, 0.15) is 5.56 Å². The number of nitrogens with one attached hydrogen (secondary N) is 2. The van der Waals surface area contributed by atoms with E-state index in [1.54, 1.807) is 6.20 Å². The van der Waals surface area contributed by atoms with Crippen LogP contribution in [0.15, 0.2) is 58.2 Å². The minimum atomic E-state index is 0.443. The first kappa shape index (κ1) is 13.7. The zero-order valence-electron chi connectivity index (χ0n) is 12.4. The van der Waals surface area contributed by atoms with Crippen molar-refractivity contribution in [3.05, 3.63) is 54.4 Å². The molecule has 1 aromatic carbocycles. The van der Waals surface area contributed by atoms with Gasteiger partial charge in [-0.15, -0.1) is 0 Å². The summed E-state index contributed by atoms with van der Waals surface area (Å²) in [6.45, 7) is 2.10. The van der Waals surface area contributed by atoms with Crippen LogP contribution in [0.3, 0.4) is 0 Å². The van der Waals surface area contributed by atoms with Crippen LogP contribution in [0.5, 0.6) is 0 Å². The summed E-state index contributed by atoms with van der Waals surface area (Å²) in [5.74, 6) is 0.666. The molecule has 0 saturated heterocycles. The van der Waals surface area contributed by atoms with Gasteiger partial charge in [0, 0.05) is 18.9 Å². The third-order valence-electron chi connectivity index (χ3n) is 3.55. The fraction of sp³-hybridized carbons (Fsp3) is 0.188. The molecule has 116 valence electrons. The number of pyridine rings is 1. The average molecular weight is 308 g/mol. The van der Waals surface area contributed by atoms with Crippen molar-refractivity contribution in [2.24, 2.45) is 4.99 Å². The lowest BCUT2D eigenvalue weighted by Crippen LogP contribution is -2.45. The van der Waals surface area contributed by atoms with Crippen LogP contribution in [0.4, 0.5) is 6.01 Å². The van der Waals surface area contributed by atoms with E-state index in [1.807, 2.05) is 36.5 Å². The van der Waals surface area contributed by atoms with Crippen molar-refractivity contribution in [1.82, 2.24) is 20.2 Å². The molecule has 3 aromatic rings. The number of aromatic nitrogens is 2. The Balaban J connectivity index is 1.39. The number of hydrogen-bond acceptors (Lipinski definition) is 7. The molecule has 7 nitrogen and oxygen atoms in total. The lowest BCUT2D eigenvalue weighted by Gasteiger charge is -2.26. The normalized spacial score (nSPS) is 15.2. The van der Waals surface area contributed by atoms with Gasteiger partial charge in [0.25, 0.3) is 0 Å². The van der Waals surface area contributed by atoms with E-state index < -0.39 is 0 Å². The maximum Gasteiger partial charge on any atom is 0.302 e. The molecule has 0 fully saturated rings. The van der Waals surface area contributed by atoms with E-state index in [1.165, 1.54) is 5.56 Å². The van der Waals surface area contributed by atoms with Gasteiger partial charge >= 0.3 is 6.01 Å². The summed E-state index contributed by atoms with van der Waals surface area (Å²) in [7, 11) is 0. The molecule has 0 radical (unpaired) electrons. The Morgan fingerprint density at radius 1 is 1.22 bits per heavy atom. The third-order valence-corrected chi connectivity index (χ3v) is 3.55. The first-order valence-electron chi connectivity index (χ1n) is 7.39. The second-order valence-corrected chi connectivity index (χ2v) is 5.28. The summed E-state index contributed by atoms with van der Waals surface area (Å²) in [5.41, 5.74) is 2.74. The summed E-state index contributed by atoms with van der Waals surface area (Å²) in [6, 6.07) is 12.1. The van der Waals surface area contributed by atoms with E-state index in [4.69, 9.17) is 4.42 Å². The standard InChI is InChI=1S/C16H16N6O/c1-2-6-14-13(5-1)20-16(23-14)21-15-18-10-22(11-19-15)9-12-4-3-7-17-8-12/h1-8H,9-11H2,(H2,18,19,20,21). The number of para-hydroxylation sites is 2. The van der Waals surface area contributed by atoms with E-state index in [0.717, 1.165) is 17.6 Å². The van der Waals surface area contributed by atoms with Crippen molar-refractivity contribution in [3.8, 4) is 0 Å². The Morgan fingerprint density at radius 2 is 2.17 bits per heavy atom. The number of rotatable bonds is 3. The van der Waals surface area contributed by atoms with Gasteiger partial charge in [0.05, 0.1) is 13.3 Å². The van der Waals surface area contributed by atoms with Gasteiger partial charge < -0.3 is 9.73 Å². The Bertz CT molecular complexity index is 796. The molecule has 7 heteroatoms. The van der Waals surface area contributed by atoms with E-state index >= 15 is 0 Å². The van der Waals surface area contributed by atoms with Gasteiger partial charge in [0.2, 0.25) is 5.96 Å². The van der Waals surface area contributed by atoms with Crippen LogP contribution < -0.4 is 10.6 Å². The first-order valence-corrected chi connectivity index (χ1v) is 7.39. The Hall–Kier alpha value is -2.93. The molecule has 0 spiro atoms. The maximum atomic E-state index is 5.63. The van der Waals surface area contributed by atoms with Crippen LogP contribution in [-0.4, -0.2) is 34.2 Å². The van der Waals surface area contributed by atoms with E-state index in [9.17, 15) is 0 Å². The van der Waals surface area contributed by atoms with Crippen LogP contribution >= 0.6 is 0 Å². The number of benzene rings is 1. The third kappa shape index (κ3) is 3.14. The summed E-state index contributed by atoms with van der Waals surface area (Å²) in [5, 5.41) is 6.30. The zero-order chi connectivity index (χ0) is 15.5. The number of guanidine groups is 1. The minimum absolute atomic E-state index is 0.443. The van der Waals surface area contributed by atoms with Crippen LogP contribution in [-0.2, 0) is 6.54 Å². The molecule has 2 N–H and O–H groups in total. The van der Waals surface area contributed by atoms with Crippen LogP contribution in [0, 0.1) is 0 Å². The van der Waals surface area contributed by atoms with Crippen molar-refractivity contribution in [1.29, 1.82) is 0 Å². The lowest BCUT2D eigenvalue weighted by atomic mass is 10.3. The highest BCUT2D eigenvalue weighted by Gasteiger charge is 2.14. The van der Waals surface area contributed by atoms with Gasteiger partial charge in [0.15, 0.2) is 5.58 Å². The van der Waals surface area contributed by atoms with Gasteiger partial charge in [-0.2, -0.15) is 4.98 Å². The lowest BCUT2D eigenvalue weighted by molar-refractivity contribution is 0.256. The highest BCUT2D eigenvalue weighted by molar-refractivity contribution is 5.93. The summed E-state index contributed by atoms with van der Waals surface area (Å²) >= 11 is 0. The quantitative estimate of drug-likeness (QED) is 0.770. The molecule has 0 bridgehead atoms. The Labute approximate surface area is 133 Å². The van der Waals surface area contributed by atoms with E-state index in [2.05, 4.69) is 36.6 Å². The monoisotopic (exact) mass is 308 g/mol. The maximum absolute atomic E-state index is 5.63. The molecule has 23 heavy (non-hydrogen) atoms. The number of fused-ring (bicyclic) bond motifs is 1. The largest absolute Gasteiger partial charge is 0.423 e. The minimum Gasteiger partial charge on any atom is -0.423 e. The van der Waals surface area contributed by atoms with Crippen molar-refractivity contribution in [2.75, 3.05) is 18.7 Å². The second kappa shape index (κ2) is 6.05. The molecule has 1 aliphatic rings. The second-order valence-electron chi connectivity index (χ2n) is 5.28. The first-order chi connectivity index (χ1) is 11.4. The van der Waals surface area contributed by atoms with E-state index in [0.29, 0.717) is 25.3 Å². The molecule has 0 aliphatic carbocycles. The van der Waals surface area contributed by atoms with Gasteiger partial charge in [-0.05, 0) is 23.8 Å². The number of oxazole rings is 1. The smallest absolute Gasteiger partial charge is 0.302 e. The fourth-order valence-corrected chi connectivity index (χ4v) is 2.43. The molecule has 4 rings (SSSR count). The van der Waals surface area contributed by atoms with Crippen LogP contribution in [0.25, 0.3) is 11.1 Å². The van der Waals surface area contributed by atoms with Crippen molar-refractivity contribution >= 4 is 23.1 Å². The highest BCUT2D eigenvalue weighted by Crippen LogP contribution is 2.18. The molecule has 2 aromatic heterocycles. The molecule has 1 aliphatic heterocycles. The van der Waals surface area contributed by atoms with Gasteiger partial charge in [-0.3, -0.25) is 15.2 Å². The summed E-state index contributed by atoms with van der Waals surface area (Å²) in [6.07, 6.45) is 3.65. The number of aliphatic imine (C=N–C) groups is 1. The number of nitrogens with zero attached hydrogens (tertiary/aromatic N) is 4. The van der Waals surface area contributed by atoms with Gasteiger partial charge in [-0.25, -0.2) is 4.99 Å². The Kier molecular flexibility index (Phi) is 3.61. The molecular weight excluding hydrogens is 292 g/mol. The summed E-state index contributed by atoms with van der Waals surface area (Å²) < 4.78 is 5.63. The molecule has 0 atom stereocenters. The molecule has 0 unspecified atom stereocenters. The SMILES string of the molecule is c1cncc(CN2CN=C(Nc3nc4ccccc4o3)NC2)c1. The average Bonchev–Trinajstić information content (AvgIpc) is 3.00. The highest BCUT2D eigenvalue weighted by atomic mass is 16.4. The fourth-order valence-electron chi connectivity index (χ4n) is 2.43. The predicted octanol–water partition coefficient (Wildman–Crippen LogP) is 2.01. The predicted molar refractivity (Wildman–Crippen MR) is 87.7 cm³/mol. The molecule has 0 amide bonds. The van der Waals surface area contributed by atoms with Crippen LogP contribution in [0.2, 0.25) is 0 Å². The van der Waals surface area contributed by atoms with E-state index in [-0.39, 0.29) is 0 Å². The molecular formula is C16H16N6O. The number of anilines is 1. The van der Waals surface area contributed by atoms with Crippen molar-refractivity contribution < 1.29 is 4.42 Å². The Morgan fingerprint density at radius 3 is 2.96 bits per heavy atom. The molecule has 3 heterocycles. The zero-order valence-corrected chi connectivity index (χ0v) is 12.4. The topological polar surface area (TPSA) is 78.6 Å². The summed E-state index contributed by atoms with van der Waals surface area (Å²) in [4.78, 5) is 15.1. The van der Waals surface area contributed by atoms with Crippen molar-refractivity contribution in [2.45, 2.75) is 6.54 Å². The van der Waals surface area contributed by atoms with Crippen molar-refractivity contribution in [3.63, 3.8) is 0 Å². The van der Waals surface area contributed by atoms with Gasteiger partial charge in [0.1, 0.15) is 5.52 Å². The van der Waals surface area contributed by atoms with Gasteiger partial charge in [-0.1, -0.05) is 18.2 Å². The molecule has 0 saturated carbocycles. The number of hydrogen-bond donors (Lipinski definition) is 2.